The van der Waals surface area contributed by atoms with Crippen LogP contribution in [-0.2, 0) is 9.53 Å². The van der Waals surface area contributed by atoms with Crippen LogP contribution in [0.5, 0.6) is 0 Å². The molecule has 0 radical (unpaired) electrons. The molecule has 1 saturated heterocycles. The van der Waals surface area contributed by atoms with E-state index in [0.29, 0.717) is 0 Å². The molecule has 0 unspecified atom stereocenters. The summed E-state index contributed by atoms with van der Waals surface area (Å²) in [5, 5.41) is 0. The van der Waals surface area contributed by atoms with E-state index in [0.717, 1.165) is 20.1 Å². The van der Waals surface area contributed by atoms with E-state index in [4.69, 9.17) is 4.74 Å². The number of morpholine rings is 1. The van der Waals surface area contributed by atoms with Crippen molar-refractivity contribution < 1.29 is 9.53 Å². The number of ether oxygens (including phenoxy) is 1. The molecule has 3 atom stereocenters. The van der Waals surface area contributed by atoms with Crippen molar-refractivity contribution in [2.75, 3.05) is 7.05 Å². The van der Waals surface area contributed by atoms with Gasteiger partial charge in [-0.15, -0.1) is 0 Å². The molecule has 0 spiro atoms. The number of hydrogen-bond donors (Lipinski definition) is 0. The highest BCUT2D eigenvalue weighted by atomic mass is 79.9. The number of carbonyl (C=O) groups excluding carboxylic acids is 1. The number of carbonyl (C=O) groups is 1. The third-order valence-electron chi connectivity index (χ3n) is 4.16. The summed E-state index contributed by atoms with van der Waals surface area (Å²) in [4.78, 5) is 14.2. The van der Waals surface area contributed by atoms with Crippen molar-refractivity contribution in [3.05, 3.63) is 68.6 Å². The van der Waals surface area contributed by atoms with Gasteiger partial charge >= 0.3 is 0 Å². The highest BCUT2D eigenvalue weighted by Gasteiger charge is 2.40. The van der Waals surface area contributed by atoms with Crippen molar-refractivity contribution in [2.45, 2.75) is 25.2 Å². The Labute approximate surface area is 152 Å². The third-order valence-corrected chi connectivity index (χ3v) is 5.22. The van der Waals surface area contributed by atoms with Crippen LogP contribution in [0.4, 0.5) is 0 Å². The Morgan fingerprint density at radius 3 is 1.91 bits per heavy atom. The van der Waals surface area contributed by atoms with Crippen LogP contribution in [0.15, 0.2) is 57.5 Å². The molecule has 1 heterocycles. The molecule has 23 heavy (non-hydrogen) atoms. The molecule has 5 heteroatoms. The third kappa shape index (κ3) is 3.37. The minimum Gasteiger partial charge on any atom is -0.358 e. The van der Waals surface area contributed by atoms with Crippen molar-refractivity contribution in [3.8, 4) is 0 Å². The minimum atomic E-state index is -0.444. The summed E-state index contributed by atoms with van der Waals surface area (Å²) < 4.78 is 8.11. The van der Waals surface area contributed by atoms with Crippen LogP contribution in [0, 0.1) is 0 Å². The monoisotopic (exact) mass is 437 g/mol. The van der Waals surface area contributed by atoms with Crippen LogP contribution < -0.4 is 0 Å². The molecule has 0 aromatic heterocycles. The maximum absolute atomic E-state index is 12.4. The minimum absolute atomic E-state index is 0.00582. The predicted molar refractivity (Wildman–Crippen MR) is 97.1 cm³/mol. The standard InChI is InChI=1S/C18H17Br2NO2/c1-11-18(22)21(2)16(12-3-7-14(19)8-4-12)17(23-11)13-5-9-15(20)10-6-13/h3-11,16-17H,1-2H3/t11-,16+,17-/m0/s1. The van der Waals surface area contributed by atoms with Crippen molar-refractivity contribution in [3.63, 3.8) is 0 Å². The number of halogens is 2. The SMILES string of the molecule is C[C@@H]1O[C@@H](c2ccc(Br)cc2)[C@@H](c2ccc(Br)cc2)N(C)C1=O. The number of nitrogens with zero attached hydrogens (tertiary/aromatic N) is 1. The van der Waals surface area contributed by atoms with Crippen molar-refractivity contribution in [1.29, 1.82) is 0 Å². The van der Waals surface area contributed by atoms with Gasteiger partial charge in [-0.05, 0) is 42.3 Å². The van der Waals surface area contributed by atoms with Crippen molar-refractivity contribution >= 4 is 37.8 Å². The Kier molecular flexibility index (Phi) is 4.90. The van der Waals surface area contributed by atoms with Gasteiger partial charge in [0.1, 0.15) is 12.2 Å². The second-order valence-electron chi connectivity index (χ2n) is 5.70. The molecule has 3 rings (SSSR count). The average molecular weight is 439 g/mol. The first kappa shape index (κ1) is 16.7. The first-order valence-electron chi connectivity index (χ1n) is 7.40. The average Bonchev–Trinajstić information content (AvgIpc) is 2.54. The zero-order valence-corrected chi connectivity index (χ0v) is 16.0. The quantitative estimate of drug-likeness (QED) is 0.669. The highest BCUT2D eigenvalue weighted by molar-refractivity contribution is 9.10. The molecule has 3 nitrogen and oxygen atoms in total. The summed E-state index contributed by atoms with van der Waals surface area (Å²) in [5.41, 5.74) is 2.12. The van der Waals surface area contributed by atoms with E-state index in [1.54, 1.807) is 4.90 Å². The van der Waals surface area contributed by atoms with Gasteiger partial charge in [-0.25, -0.2) is 0 Å². The van der Waals surface area contributed by atoms with E-state index in [-0.39, 0.29) is 18.1 Å². The molecule has 2 aromatic carbocycles. The molecule has 1 aliphatic rings. The molecular weight excluding hydrogens is 422 g/mol. The zero-order valence-electron chi connectivity index (χ0n) is 12.9. The normalized spacial score (nSPS) is 24.8. The number of benzene rings is 2. The fraction of sp³-hybridized carbons (Fsp3) is 0.278. The number of rotatable bonds is 2. The smallest absolute Gasteiger partial charge is 0.251 e. The number of likely N-dealkylation sites (N-methyl/N-ethyl adjacent to an activating group) is 1. The van der Waals surface area contributed by atoms with Gasteiger partial charge in [0.05, 0.1) is 6.04 Å². The first-order chi connectivity index (χ1) is 11.0. The summed E-state index contributed by atoms with van der Waals surface area (Å²) in [6.07, 6.45) is -0.637. The van der Waals surface area contributed by atoms with E-state index >= 15 is 0 Å². The van der Waals surface area contributed by atoms with Gasteiger partial charge in [0.2, 0.25) is 0 Å². The lowest BCUT2D eigenvalue weighted by molar-refractivity contribution is -0.168. The zero-order chi connectivity index (χ0) is 16.6. The maximum Gasteiger partial charge on any atom is 0.251 e. The molecule has 0 aliphatic carbocycles. The van der Waals surface area contributed by atoms with Crippen LogP contribution >= 0.6 is 31.9 Å². The van der Waals surface area contributed by atoms with Gasteiger partial charge in [0.25, 0.3) is 5.91 Å². The van der Waals surface area contributed by atoms with Gasteiger partial charge < -0.3 is 9.64 Å². The number of amides is 1. The fourth-order valence-corrected chi connectivity index (χ4v) is 3.48. The van der Waals surface area contributed by atoms with E-state index in [2.05, 4.69) is 31.9 Å². The van der Waals surface area contributed by atoms with Crippen LogP contribution in [0.1, 0.15) is 30.2 Å². The summed E-state index contributed by atoms with van der Waals surface area (Å²) in [5.74, 6) is 0.00582. The van der Waals surface area contributed by atoms with Crippen LogP contribution in [0.25, 0.3) is 0 Å². The summed E-state index contributed by atoms with van der Waals surface area (Å²) >= 11 is 6.92. The molecule has 0 N–H and O–H groups in total. The molecule has 0 bridgehead atoms. The predicted octanol–water partition coefficient (Wildman–Crippen LogP) is 4.87. The van der Waals surface area contributed by atoms with E-state index in [9.17, 15) is 4.79 Å². The molecule has 1 amide bonds. The Balaban J connectivity index is 2.03. The molecule has 0 saturated carbocycles. The molecular formula is C18H17Br2NO2. The van der Waals surface area contributed by atoms with Gasteiger partial charge in [-0.2, -0.15) is 0 Å². The van der Waals surface area contributed by atoms with E-state index < -0.39 is 6.10 Å². The van der Waals surface area contributed by atoms with E-state index in [1.807, 2.05) is 62.5 Å². The lowest BCUT2D eigenvalue weighted by Gasteiger charge is -2.42. The topological polar surface area (TPSA) is 29.5 Å². The van der Waals surface area contributed by atoms with Gasteiger partial charge in [-0.1, -0.05) is 56.1 Å². The lowest BCUT2D eigenvalue weighted by Crippen LogP contribution is -2.47. The summed E-state index contributed by atoms with van der Waals surface area (Å²) in [6.45, 7) is 1.81. The lowest BCUT2D eigenvalue weighted by atomic mass is 9.92. The van der Waals surface area contributed by atoms with Gasteiger partial charge in [0, 0.05) is 16.0 Å². The van der Waals surface area contributed by atoms with Gasteiger partial charge in [-0.3, -0.25) is 4.79 Å². The summed E-state index contributed by atoms with van der Waals surface area (Å²) in [6, 6.07) is 16.0. The molecule has 120 valence electrons. The second-order valence-corrected chi connectivity index (χ2v) is 7.53. The fourth-order valence-electron chi connectivity index (χ4n) is 2.95. The van der Waals surface area contributed by atoms with Crippen LogP contribution in [-0.4, -0.2) is 24.0 Å². The van der Waals surface area contributed by atoms with Gasteiger partial charge in [0.15, 0.2) is 0 Å². The van der Waals surface area contributed by atoms with Crippen LogP contribution in [0.2, 0.25) is 0 Å². The second kappa shape index (κ2) is 6.75. The first-order valence-corrected chi connectivity index (χ1v) is 8.99. The molecule has 1 fully saturated rings. The van der Waals surface area contributed by atoms with Crippen LogP contribution in [0.3, 0.4) is 0 Å². The Morgan fingerprint density at radius 1 is 0.913 bits per heavy atom. The van der Waals surface area contributed by atoms with Crippen molar-refractivity contribution in [2.24, 2.45) is 0 Å². The Hall–Kier alpha value is -1.17. The largest absolute Gasteiger partial charge is 0.358 e. The van der Waals surface area contributed by atoms with Crippen molar-refractivity contribution in [1.82, 2.24) is 4.90 Å². The molecule has 1 aliphatic heterocycles. The maximum atomic E-state index is 12.4. The Morgan fingerprint density at radius 2 is 1.39 bits per heavy atom. The highest BCUT2D eigenvalue weighted by Crippen LogP contribution is 2.41. The summed E-state index contributed by atoms with van der Waals surface area (Å²) in [7, 11) is 1.85. The number of hydrogen-bond acceptors (Lipinski definition) is 2. The van der Waals surface area contributed by atoms with E-state index in [1.165, 1.54) is 0 Å². The molecule has 2 aromatic rings. The Bertz CT molecular complexity index is 700.